The summed E-state index contributed by atoms with van der Waals surface area (Å²) >= 11 is 1.80. The molecule has 140 valence electrons. The van der Waals surface area contributed by atoms with Crippen molar-refractivity contribution in [2.75, 3.05) is 20.7 Å². The SMILES string of the molecule is COc1c(-c2ccncn2)ccc2c1CN(C)CC2c1ccc2ccsc2c1. The second-order valence-electron chi connectivity index (χ2n) is 7.28. The number of fused-ring (bicyclic) bond motifs is 2. The van der Waals surface area contributed by atoms with E-state index in [4.69, 9.17) is 4.74 Å². The van der Waals surface area contributed by atoms with E-state index in [0.29, 0.717) is 5.92 Å². The minimum Gasteiger partial charge on any atom is -0.496 e. The Bertz CT molecular complexity index is 1140. The molecule has 2 aromatic heterocycles. The summed E-state index contributed by atoms with van der Waals surface area (Å²) in [6, 6.07) is 15.4. The molecular formula is C23H21N3OS. The number of thiophene rings is 1. The third-order valence-corrected chi connectivity index (χ3v) is 6.42. The van der Waals surface area contributed by atoms with Gasteiger partial charge in [-0.15, -0.1) is 11.3 Å². The van der Waals surface area contributed by atoms with Gasteiger partial charge >= 0.3 is 0 Å². The summed E-state index contributed by atoms with van der Waals surface area (Å²) in [6.45, 7) is 1.87. The first-order chi connectivity index (χ1) is 13.7. The van der Waals surface area contributed by atoms with E-state index in [-0.39, 0.29) is 0 Å². The smallest absolute Gasteiger partial charge is 0.133 e. The Morgan fingerprint density at radius 1 is 1.14 bits per heavy atom. The quantitative estimate of drug-likeness (QED) is 0.499. The van der Waals surface area contributed by atoms with Crippen LogP contribution in [0.4, 0.5) is 0 Å². The van der Waals surface area contributed by atoms with Crippen LogP contribution in [0.1, 0.15) is 22.6 Å². The normalized spacial score (nSPS) is 16.9. The van der Waals surface area contributed by atoms with Crippen molar-refractivity contribution < 1.29 is 4.74 Å². The van der Waals surface area contributed by atoms with Gasteiger partial charge < -0.3 is 9.64 Å². The van der Waals surface area contributed by atoms with Crippen molar-refractivity contribution in [1.82, 2.24) is 14.9 Å². The van der Waals surface area contributed by atoms with Crippen LogP contribution in [0.5, 0.6) is 5.75 Å². The number of hydrogen-bond donors (Lipinski definition) is 0. The predicted octanol–water partition coefficient (Wildman–Crippen LogP) is 4.94. The standard InChI is InChI=1S/C23H21N3OS/c1-26-12-19(16-4-3-15-8-10-28-22(15)11-16)17-5-6-18(21-7-9-24-14-25-21)23(27-2)20(17)13-26/h3-11,14,19H,12-13H2,1-2H3. The minimum absolute atomic E-state index is 0.327. The molecule has 4 aromatic rings. The molecule has 0 spiro atoms. The highest BCUT2D eigenvalue weighted by Gasteiger charge is 2.29. The summed E-state index contributed by atoms with van der Waals surface area (Å²) in [5.41, 5.74) is 5.87. The molecule has 1 atom stereocenters. The van der Waals surface area contributed by atoms with E-state index in [1.54, 1.807) is 31.0 Å². The summed E-state index contributed by atoms with van der Waals surface area (Å²) in [6.07, 6.45) is 3.35. The molecule has 0 bridgehead atoms. The molecule has 0 radical (unpaired) electrons. The molecular weight excluding hydrogens is 366 g/mol. The highest BCUT2D eigenvalue weighted by Crippen LogP contribution is 2.42. The molecule has 2 aromatic carbocycles. The molecule has 28 heavy (non-hydrogen) atoms. The minimum atomic E-state index is 0.327. The third kappa shape index (κ3) is 2.87. The van der Waals surface area contributed by atoms with E-state index in [2.05, 4.69) is 63.7 Å². The van der Waals surface area contributed by atoms with Crippen LogP contribution < -0.4 is 4.74 Å². The van der Waals surface area contributed by atoms with Crippen molar-refractivity contribution in [2.45, 2.75) is 12.5 Å². The molecule has 3 heterocycles. The Labute approximate surface area is 168 Å². The molecule has 5 heteroatoms. The number of aromatic nitrogens is 2. The lowest BCUT2D eigenvalue weighted by atomic mass is 9.83. The molecule has 0 fully saturated rings. The Hall–Kier alpha value is -2.76. The maximum absolute atomic E-state index is 5.90. The second-order valence-corrected chi connectivity index (χ2v) is 8.22. The molecule has 0 amide bonds. The fourth-order valence-corrected chi connectivity index (χ4v) is 5.07. The molecule has 0 aliphatic carbocycles. The topological polar surface area (TPSA) is 38.3 Å². The Morgan fingerprint density at radius 3 is 2.89 bits per heavy atom. The van der Waals surface area contributed by atoms with E-state index < -0.39 is 0 Å². The number of hydrogen-bond acceptors (Lipinski definition) is 5. The van der Waals surface area contributed by atoms with Gasteiger partial charge in [-0.3, -0.25) is 0 Å². The van der Waals surface area contributed by atoms with Crippen LogP contribution in [-0.4, -0.2) is 35.6 Å². The van der Waals surface area contributed by atoms with Crippen molar-refractivity contribution in [3.05, 3.63) is 77.1 Å². The van der Waals surface area contributed by atoms with Gasteiger partial charge in [0.05, 0.1) is 12.8 Å². The Balaban J connectivity index is 1.66. The lowest BCUT2D eigenvalue weighted by molar-refractivity contribution is 0.286. The average molecular weight is 388 g/mol. The fourth-order valence-electron chi connectivity index (χ4n) is 4.24. The Kier molecular flexibility index (Phi) is 4.34. The van der Waals surface area contributed by atoms with Gasteiger partial charge in [0.2, 0.25) is 0 Å². The second kappa shape index (κ2) is 7.00. The molecule has 0 saturated carbocycles. The number of ether oxygens (including phenoxy) is 1. The van der Waals surface area contributed by atoms with Gasteiger partial charge in [0.25, 0.3) is 0 Å². The maximum Gasteiger partial charge on any atom is 0.133 e. The zero-order chi connectivity index (χ0) is 19.1. The maximum atomic E-state index is 5.90. The van der Waals surface area contributed by atoms with Gasteiger partial charge in [0.15, 0.2) is 0 Å². The van der Waals surface area contributed by atoms with E-state index in [1.165, 1.54) is 26.8 Å². The van der Waals surface area contributed by atoms with Crippen molar-refractivity contribution in [3.63, 3.8) is 0 Å². The van der Waals surface area contributed by atoms with Crippen molar-refractivity contribution in [2.24, 2.45) is 0 Å². The molecule has 1 aliphatic rings. The molecule has 4 nitrogen and oxygen atoms in total. The molecule has 1 aliphatic heterocycles. The number of rotatable bonds is 3. The zero-order valence-electron chi connectivity index (χ0n) is 15.9. The van der Waals surface area contributed by atoms with Gasteiger partial charge in [-0.2, -0.15) is 0 Å². The van der Waals surface area contributed by atoms with E-state index in [9.17, 15) is 0 Å². The molecule has 5 rings (SSSR count). The lowest BCUT2D eigenvalue weighted by Crippen LogP contribution is -2.31. The molecule has 0 N–H and O–H groups in total. The molecule has 0 saturated heterocycles. The number of benzene rings is 2. The van der Waals surface area contributed by atoms with E-state index >= 15 is 0 Å². The van der Waals surface area contributed by atoms with Crippen LogP contribution in [0.25, 0.3) is 21.3 Å². The summed E-state index contributed by atoms with van der Waals surface area (Å²) in [7, 11) is 3.93. The molecule has 1 unspecified atom stereocenters. The van der Waals surface area contributed by atoms with Gasteiger partial charge in [0.1, 0.15) is 12.1 Å². The number of likely N-dealkylation sites (N-methyl/N-ethyl adjacent to an activating group) is 1. The highest BCUT2D eigenvalue weighted by atomic mass is 32.1. The summed E-state index contributed by atoms with van der Waals surface area (Å²) < 4.78 is 7.25. The number of nitrogens with zero attached hydrogens (tertiary/aromatic N) is 3. The summed E-state index contributed by atoms with van der Waals surface area (Å²) in [5.74, 6) is 1.25. The van der Waals surface area contributed by atoms with Crippen molar-refractivity contribution >= 4 is 21.4 Å². The van der Waals surface area contributed by atoms with Crippen LogP contribution in [-0.2, 0) is 6.54 Å². The summed E-state index contributed by atoms with van der Waals surface area (Å²) in [4.78, 5) is 10.8. The van der Waals surface area contributed by atoms with Gasteiger partial charge in [-0.25, -0.2) is 9.97 Å². The van der Waals surface area contributed by atoms with E-state index in [1.807, 2.05) is 6.07 Å². The van der Waals surface area contributed by atoms with Crippen LogP contribution in [0.15, 0.2) is 60.4 Å². The van der Waals surface area contributed by atoms with Crippen LogP contribution >= 0.6 is 11.3 Å². The first-order valence-corrected chi connectivity index (χ1v) is 10.2. The average Bonchev–Trinajstić information content (AvgIpc) is 3.20. The van der Waals surface area contributed by atoms with Crippen molar-refractivity contribution in [3.8, 4) is 17.0 Å². The van der Waals surface area contributed by atoms with Crippen molar-refractivity contribution in [1.29, 1.82) is 0 Å². The van der Waals surface area contributed by atoms with Crippen LogP contribution in [0.2, 0.25) is 0 Å². The Morgan fingerprint density at radius 2 is 2.07 bits per heavy atom. The zero-order valence-corrected chi connectivity index (χ0v) is 16.7. The predicted molar refractivity (Wildman–Crippen MR) is 114 cm³/mol. The largest absolute Gasteiger partial charge is 0.496 e. The van der Waals surface area contributed by atoms with Gasteiger partial charge in [0, 0.05) is 41.0 Å². The fraction of sp³-hybridized carbons (Fsp3) is 0.217. The van der Waals surface area contributed by atoms with Crippen LogP contribution in [0.3, 0.4) is 0 Å². The first-order valence-electron chi connectivity index (χ1n) is 9.36. The van der Waals surface area contributed by atoms with Crippen LogP contribution in [0, 0.1) is 0 Å². The van der Waals surface area contributed by atoms with Gasteiger partial charge in [-0.05, 0) is 53.2 Å². The number of methoxy groups -OCH3 is 1. The van der Waals surface area contributed by atoms with E-state index in [0.717, 1.165) is 30.1 Å². The summed E-state index contributed by atoms with van der Waals surface area (Å²) in [5, 5.41) is 3.47. The lowest BCUT2D eigenvalue weighted by Gasteiger charge is -2.34. The third-order valence-electron chi connectivity index (χ3n) is 5.54. The highest BCUT2D eigenvalue weighted by molar-refractivity contribution is 7.17. The van der Waals surface area contributed by atoms with Gasteiger partial charge in [-0.1, -0.05) is 18.2 Å². The first kappa shape index (κ1) is 17.3. The monoisotopic (exact) mass is 387 g/mol.